The van der Waals surface area contributed by atoms with Gasteiger partial charge in [-0.25, -0.2) is 4.98 Å². The van der Waals surface area contributed by atoms with Crippen LogP contribution in [0.25, 0.3) is 0 Å². The van der Waals surface area contributed by atoms with Crippen LogP contribution in [0.2, 0.25) is 0 Å². The second kappa shape index (κ2) is 8.17. The van der Waals surface area contributed by atoms with Crippen LogP contribution in [0.3, 0.4) is 0 Å². The Morgan fingerprint density at radius 3 is 2.96 bits per heavy atom. The van der Waals surface area contributed by atoms with Crippen molar-refractivity contribution in [3.63, 3.8) is 0 Å². The van der Waals surface area contributed by atoms with E-state index in [-0.39, 0.29) is 5.91 Å². The molecule has 0 aliphatic rings. The highest BCUT2D eigenvalue weighted by molar-refractivity contribution is 7.15. The van der Waals surface area contributed by atoms with E-state index in [4.69, 9.17) is 4.74 Å². The summed E-state index contributed by atoms with van der Waals surface area (Å²) in [6, 6.07) is 7.06. The van der Waals surface area contributed by atoms with Crippen molar-refractivity contribution in [3.05, 3.63) is 50.9 Å². The molecule has 2 aromatic heterocycles. The van der Waals surface area contributed by atoms with Gasteiger partial charge < -0.3 is 4.74 Å². The van der Waals surface area contributed by atoms with Crippen molar-refractivity contribution in [2.75, 3.05) is 5.32 Å². The number of anilines is 1. The summed E-state index contributed by atoms with van der Waals surface area (Å²) in [5, 5.41) is 15.2. The summed E-state index contributed by atoms with van der Waals surface area (Å²) in [4.78, 5) is 16.7. The number of amides is 1. The SMILES string of the molecule is CCCc1nnc(NC(=O)c2cccc(OCc3csc(C)n3)c2)s1. The lowest BCUT2D eigenvalue weighted by molar-refractivity contribution is 0.102. The van der Waals surface area contributed by atoms with Crippen LogP contribution < -0.4 is 10.1 Å². The minimum Gasteiger partial charge on any atom is -0.487 e. The number of aromatic nitrogens is 3. The number of carbonyl (C=O) groups is 1. The second-order valence-electron chi connectivity index (χ2n) is 5.38. The van der Waals surface area contributed by atoms with Gasteiger partial charge in [-0.1, -0.05) is 24.3 Å². The molecule has 3 aromatic rings. The van der Waals surface area contributed by atoms with E-state index in [1.165, 1.54) is 11.3 Å². The molecule has 8 heteroatoms. The Morgan fingerprint density at radius 2 is 2.20 bits per heavy atom. The van der Waals surface area contributed by atoms with E-state index in [9.17, 15) is 4.79 Å². The highest BCUT2D eigenvalue weighted by atomic mass is 32.1. The highest BCUT2D eigenvalue weighted by Crippen LogP contribution is 2.20. The molecule has 25 heavy (non-hydrogen) atoms. The monoisotopic (exact) mass is 374 g/mol. The Morgan fingerprint density at radius 1 is 1.32 bits per heavy atom. The Kier molecular flexibility index (Phi) is 5.72. The molecular weight excluding hydrogens is 356 g/mol. The number of rotatable bonds is 7. The van der Waals surface area contributed by atoms with Crippen LogP contribution in [0.1, 0.15) is 39.4 Å². The van der Waals surface area contributed by atoms with Crippen LogP contribution >= 0.6 is 22.7 Å². The largest absolute Gasteiger partial charge is 0.487 e. The number of aryl methyl sites for hydroxylation is 2. The molecule has 1 aromatic carbocycles. The van der Waals surface area contributed by atoms with Gasteiger partial charge in [-0.05, 0) is 31.5 Å². The van der Waals surface area contributed by atoms with Crippen molar-refractivity contribution >= 4 is 33.7 Å². The molecule has 0 aliphatic heterocycles. The zero-order chi connectivity index (χ0) is 17.6. The van der Waals surface area contributed by atoms with E-state index >= 15 is 0 Å². The molecule has 1 N–H and O–H groups in total. The fourth-order valence-electron chi connectivity index (χ4n) is 2.15. The molecule has 2 heterocycles. The summed E-state index contributed by atoms with van der Waals surface area (Å²) in [5.74, 6) is 0.399. The van der Waals surface area contributed by atoms with E-state index in [0.29, 0.717) is 23.1 Å². The van der Waals surface area contributed by atoms with E-state index in [1.807, 2.05) is 18.4 Å². The maximum absolute atomic E-state index is 12.4. The standard InChI is InChI=1S/C17H18N4O2S2/c1-3-5-15-20-21-17(25-15)19-16(22)12-6-4-7-14(8-12)23-9-13-10-24-11(2)18-13/h4,6-8,10H,3,5,9H2,1-2H3,(H,19,21,22). The topological polar surface area (TPSA) is 77.0 Å². The average molecular weight is 374 g/mol. The van der Waals surface area contributed by atoms with Gasteiger partial charge in [-0.2, -0.15) is 0 Å². The van der Waals surface area contributed by atoms with E-state index < -0.39 is 0 Å². The Labute approximate surface area is 153 Å². The first-order chi connectivity index (χ1) is 12.1. The number of hydrogen-bond donors (Lipinski definition) is 1. The lowest BCUT2D eigenvalue weighted by Crippen LogP contribution is -2.11. The number of benzene rings is 1. The summed E-state index contributed by atoms with van der Waals surface area (Å²) in [7, 11) is 0. The van der Waals surface area contributed by atoms with Gasteiger partial charge in [-0.3, -0.25) is 10.1 Å². The van der Waals surface area contributed by atoms with Gasteiger partial charge in [0.15, 0.2) is 0 Å². The van der Waals surface area contributed by atoms with Crippen molar-refractivity contribution < 1.29 is 9.53 Å². The smallest absolute Gasteiger partial charge is 0.257 e. The normalized spacial score (nSPS) is 10.6. The van der Waals surface area contributed by atoms with E-state index in [2.05, 4.69) is 27.4 Å². The van der Waals surface area contributed by atoms with Gasteiger partial charge in [0, 0.05) is 17.4 Å². The molecule has 0 radical (unpaired) electrons. The summed E-state index contributed by atoms with van der Waals surface area (Å²) in [6.45, 7) is 4.42. The molecule has 0 atom stereocenters. The fraction of sp³-hybridized carbons (Fsp3) is 0.294. The number of nitrogens with zero attached hydrogens (tertiary/aromatic N) is 3. The van der Waals surface area contributed by atoms with Crippen molar-refractivity contribution in [1.82, 2.24) is 15.2 Å². The maximum Gasteiger partial charge on any atom is 0.257 e. The summed E-state index contributed by atoms with van der Waals surface area (Å²) in [6.07, 6.45) is 1.87. The minimum absolute atomic E-state index is 0.228. The van der Waals surface area contributed by atoms with E-state index in [1.54, 1.807) is 29.5 Å². The number of thiazole rings is 1. The third kappa shape index (κ3) is 4.83. The second-order valence-corrected chi connectivity index (χ2v) is 7.50. The molecule has 0 bridgehead atoms. The van der Waals surface area contributed by atoms with Crippen LogP contribution in [0.4, 0.5) is 5.13 Å². The van der Waals surface area contributed by atoms with Crippen molar-refractivity contribution in [2.24, 2.45) is 0 Å². The summed E-state index contributed by atoms with van der Waals surface area (Å²) >= 11 is 2.99. The quantitative estimate of drug-likeness (QED) is 0.674. The predicted octanol–water partition coefficient (Wildman–Crippen LogP) is 4.09. The zero-order valence-electron chi connectivity index (χ0n) is 14.0. The Balaban J connectivity index is 1.62. The fourth-order valence-corrected chi connectivity index (χ4v) is 3.58. The molecule has 6 nitrogen and oxygen atoms in total. The number of ether oxygens (including phenoxy) is 1. The molecule has 0 unspecified atom stereocenters. The van der Waals surface area contributed by atoms with Gasteiger partial charge in [0.2, 0.25) is 5.13 Å². The van der Waals surface area contributed by atoms with Crippen LogP contribution in [0.15, 0.2) is 29.6 Å². The average Bonchev–Trinajstić information content (AvgIpc) is 3.22. The molecule has 0 aliphatic carbocycles. The Bertz CT molecular complexity index is 860. The zero-order valence-corrected chi connectivity index (χ0v) is 15.6. The third-order valence-corrected chi connectivity index (χ3v) is 5.02. The van der Waals surface area contributed by atoms with Crippen LogP contribution in [0, 0.1) is 6.92 Å². The van der Waals surface area contributed by atoms with Gasteiger partial charge in [0.1, 0.15) is 17.4 Å². The van der Waals surface area contributed by atoms with E-state index in [0.717, 1.165) is 28.6 Å². The highest BCUT2D eigenvalue weighted by Gasteiger charge is 2.11. The first-order valence-corrected chi connectivity index (χ1v) is 9.61. The molecule has 0 spiro atoms. The van der Waals surface area contributed by atoms with Crippen molar-refractivity contribution in [2.45, 2.75) is 33.3 Å². The molecule has 130 valence electrons. The molecule has 3 rings (SSSR count). The minimum atomic E-state index is -0.228. The van der Waals surface area contributed by atoms with Gasteiger partial charge in [0.05, 0.1) is 10.7 Å². The summed E-state index contributed by atoms with van der Waals surface area (Å²) in [5.41, 5.74) is 1.40. The first kappa shape index (κ1) is 17.5. The first-order valence-electron chi connectivity index (χ1n) is 7.91. The number of carbonyl (C=O) groups excluding carboxylic acids is 1. The molecule has 0 saturated heterocycles. The van der Waals surface area contributed by atoms with Crippen LogP contribution in [-0.4, -0.2) is 21.1 Å². The Hall–Kier alpha value is -2.32. The van der Waals surface area contributed by atoms with Crippen LogP contribution in [-0.2, 0) is 13.0 Å². The predicted molar refractivity (Wildman–Crippen MR) is 99.5 cm³/mol. The molecule has 0 saturated carbocycles. The molecule has 0 fully saturated rings. The lowest BCUT2D eigenvalue weighted by Gasteiger charge is -2.06. The van der Waals surface area contributed by atoms with Crippen molar-refractivity contribution in [1.29, 1.82) is 0 Å². The summed E-state index contributed by atoms with van der Waals surface area (Å²) < 4.78 is 5.72. The maximum atomic E-state index is 12.4. The molecular formula is C17H18N4O2S2. The number of nitrogens with one attached hydrogen (secondary N) is 1. The van der Waals surface area contributed by atoms with Crippen molar-refractivity contribution in [3.8, 4) is 5.75 Å². The van der Waals surface area contributed by atoms with Gasteiger partial charge in [0.25, 0.3) is 5.91 Å². The van der Waals surface area contributed by atoms with Gasteiger partial charge in [-0.15, -0.1) is 21.5 Å². The van der Waals surface area contributed by atoms with Crippen LogP contribution in [0.5, 0.6) is 5.75 Å². The van der Waals surface area contributed by atoms with Gasteiger partial charge >= 0.3 is 0 Å². The number of hydrogen-bond acceptors (Lipinski definition) is 7. The lowest BCUT2D eigenvalue weighted by atomic mass is 10.2. The molecule has 1 amide bonds. The third-order valence-electron chi connectivity index (χ3n) is 3.30.